The van der Waals surface area contributed by atoms with Gasteiger partial charge in [0.15, 0.2) is 0 Å². The van der Waals surface area contributed by atoms with Gasteiger partial charge in [-0.2, -0.15) is 0 Å². The van der Waals surface area contributed by atoms with Crippen LogP contribution in [0.15, 0.2) is 18.2 Å². The van der Waals surface area contributed by atoms with Crippen molar-refractivity contribution in [2.45, 2.75) is 13.3 Å². The Morgan fingerprint density at radius 1 is 1.30 bits per heavy atom. The number of halogens is 1. The summed E-state index contributed by atoms with van der Waals surface area (Å²) in [7, 11) is 0. The van der Waals surface area contributed by atoms with Crippen molar-refractivity contribution in [1.29, 1.82) is 0 Å². The molecule has 20 heavy (non-hydrogen) atoms. The third kappa shape index (κ3) is 2.50. The number of nitrogens with zero attached hydrogens (tertiary/aromatic N) is 2. The number of ether oxygens (including phenoxy) is 1. The van der Waals surface area contributed by atoms with Crippen LogP contribution in [-0.4, -0.2) is 38.8 Å². The molecular weight excluding hydrogens is 259 g/mol. The summed E-state index contributed by atoms with van der Waals surface area (Å²) in [5, 5.41) is 0. The summed E-state index contributed by atoms with van der Waals surface area (Å²) in [6.07, 6.45) is 0.548. The summed E-state index contributed by atoms with van der Waals surface area (Å²) in [5.74, 6) is 0.150. The van der Waals surface area contributed by atoms with Gasteiger partial charge in [-0.15, -0.1) is 0 Å². The Bertz CT molecular complexity index is 515. The van der Waals surface area contributed by atoms with Crippen molar-refractivity contribution in [2.24, 2.45) is 5.92 Å². The standard InChI is InChI=1S/C15H19FN2O2/c1-11-8-15(19)18(10-11)12-2-3-14(13(16)9-12)17-4-6-20-7-5-17/h2-3,9,11H,4-8,10H2,1H3. The van der Waals surface area contributed by atoms with Crippen LogP contribution in [0.3, 0.4) is 0 Å². The van der Waals surface area contributed by atoms with E-state index in [-0.39, 0.29) is 11.7 Å². The quantitative estimate of drug-likeness (QED) is 0.830. The minimum Gasteiger partial charge on any atom is -0.378 e. The van der Waals surface area contributed by atoms with Crippen LogP contribution in [0.5, 0.6) is 0 Å². The van der Waals surface area contributed by atoms with Crippen molar-refractivity contribution in [2.75, 3.05) is 42.6 Å². The van der Waals surface area contributed by atoms with E-state index in [1.54, 1.807) is 11.0 Å². The maximum absolute atomic E-state index is 14.3. The largest absolute Gasteiger partial charge is 0.378 e. The zero-order valence-corrected chi connectivity index (χ0v) is 11.6. The molecule has 0 aromatic heterocycles. The lowest BCUT2D eigenvalue weighted by Crippen LogP contribution is -2.36. The van der Waals surface area contributed by atoms with Gasteiger partial charge in [-0.1, -0.05) is 6.92 Å². The molecule has 1 aromatic rings. The second-order valence-corrected chi connectivity index (χ2v) is 5.55. The van der Waals surface area contributed by atoms with Crippen LogP contribution in [0, 0.1) is 11.7 Å². The van der Waals surface area contributed by atoms with Crippen molar-refractivity contribution in [3.63, 3.8) is 0 Å². The molecule has 0 radical (unpaired) electrons. The van der Waals surface area contributed by atoms with Crippen molar-refractivity contribution in [3.8, 4) is 0 Å². The van der Waals surface area contributed by atoms with Crippen molar-refractivity contribution in [3.05, 3.63) is 24.0 Å². The fourth-order valence-electron chi connectivity index (χ4n) is 2.86. The smallest absolute Gasteiger partial charge is 0.227 e. The van der Waals surface area contributed by atoms with E-state index in [4.69, 9.17) is 4.74 Å². The summed E-state index contributed by atoms with van der Waals surface area (Å²) >= 11 is 0. The van der Waals surface area contributed by atoms with Gasteiger partial charge in [0.05, 0.1) is 18.9 Å². The Hall–Kier alpha value is -1.62. The predicted octanol–water partition coefficient (Wildman–Crippen LogP) is 2.04. The van der Waals surface area contributed by atoms with E-state index in [0.29, 0.717) is 56.6 Å². The number of anilines is 2. The highest BCUT2D eigenvalue weighted by molar-refractivity contribution is 5.95. The van der Waals surface area contributed by atoms with Crippen molar-refractivity contribution in [1.82, 2.24) is 0 Å². The summed E-state index contributed by atoms with van der Waals surface area (Å²) in [5.41, 5.74) is 1.26. The SMILES string of the molecule is CC1CC(=O)N(c2ccc(N3CCOCC3)c(F)c2)C1. The van der Waals surface area contributed by atoms with Gasteiger partial charge in [0.2, 0.25) is 5.91 Å². The molecule has 0 N–H and O–H groups in total. The fraction of sp³-hybridized carbons (Fsp3) is 0.533. The molecule has 0 bridgehead atoms. The van der Waals surface area contributed by atoms with Gasteiger partial charge in [-0.05, 0) is 24.1 Å². The van der Waals surface area contributed by atoms with E-state index in [0.717, 1.165) is 0 Å². The zero-order chi connectivity index (χ0) is 14.1. The van der Waals surface area contributed by atoms with E-state index in [1.807, 2.05) is 17.9 Å². The molecule has 1 atom stereocenters. The number of benzene rings is 1. The molecule has 5 heteroatoms. The van der Waals surface area contributed by atoms with Gasteiger partial charge in [0, 0.05) is 31.7 Å². The third-order valence-electron chi connectivity index (χ3n) is 3.91. The number of carbonyl (C=O) groups excluding carboxylic acids is 1. The molecule has 3 rings (SSSR count). The van der Waals surface area contributed by atoms with Crippen LogP contribution in [0.25, 0.3) is 0 Å². The predicted molar refractivity (Wildman–Crippen MR) is 75.6 cm³/mol. The minimum atomic E-state index is -0.267. The highest BCUT2D eigenvalue weighted by Gasteiger charge is 2.28. The van der Waals surface area contributed by atoms with Gasteiger partial charge >= 0.3 is 0 Å². The third-order valence-corrected chi connectivity index (χ3v) is 3.91. The second kappa shape index (κ2) is 5.40. The monoisotopic (exact) mass is 278 g/mol. The molecular formula is C15H19FN2O2. The molecule has 2 aliphatic rings. The Morgan fingerprint density at radius 2 is 2.05 bits per heavy atom. The van der Waals surface area contributed by atoms with Crippen molar-refractivity contribution < 1.29 is 13.9 Å². The lowest BCUT2D eigenvalue weighted by molar-refractivity contribution is -0.117. The van der Waals surface area contributed by atoms with Gasteiger partial charge in [-0.25, -0.2) is 4.39 Å². The lowest BCUT2D eigenvalue weighted by Gasteiger charge is -2.29. The first-order valence-corrected chi connectivity index (χ1v) is 7.08. The Labute approximate surface area is 118 Å². The number of hydrogen-bond acceptors (Lipinski definition) is 3. The summed E-state index contributed by atoms with van der Waals surface area (Å²) in [4.78, 5) is 15.5. The summed E-state index contributed by atoms with van der Waals surface area (Å²) < 4.78 is 19.6. The molecule has 2 saturated heterocycles. The van der Waals surface area contributed by atoms with Crippen LogP contribution in [0.1, 0.15) is 13.3 Å². The summed E-state index contributed by atoms with van der Waals surface area (Å²) in [6.45, 7) is 5.38. The first kappa shape index (κ1) is 13.4. The van der Waals surface area contributed by atoms with E-state index in [2.05, 4.69) is 0 Å². The average Bonchev–Trinajstić information content (AvgIpc) is 2.78. The van der Waals surface area contributed by atoms with E-state index >= 15 is 0 Å². The maximum atomic E-state index is 14.3. The molecule has 1 unspecified atom stereocenters. The minimum absolute atomic E-state index is 0.0797. The topological polar surface area (TPSA) is 32.8 Å². The first-order chi connectivity index (χ1) is 9.65. The second-order valence-electron chi connectivity index (χ2n) is 5.55. The fourth-order valence-corrected chi connectivity index (χ4v) is 2.86. The highest BCUT2D eigenvalue weighted by atomic mass is 19.1. The first-order valence-electron chi connectivity index (χ1n) is 7.08. The molecule has 1 aromatic carbocycles. The van der Waals surface area contributed by atoms with Gasteiger partial charge in [0.1, 0.15) is 5.82 Å². The van der Waals surface area contributed by atoms with Crippen LogP contribution in [0.2, 0.25) is 0 Å². The van der Waals surface area contributed by atoms with E-state index < -0.39 is 0 Å². The molecule has 108 valence electrons. The molecule has 0 spiro atoms. The lowest BCUT2D eigenvalue weighted by atomic mass is 10.2. The van der Waals surface area contributed by atoms with Gasteiger partial charge in [-0.3, -0.25) is 4.79 Å². The molecule has 4 nitrogen and oxygen atoms in total. The normalized spacial score (nSPS) is 23.5. The van der Waals surface area contributed by atoms with Crippen LogP contribution < -0.4 is 9.80 Å². The Balaban J connectivity index is 1.82. The maximum Gasteiger partial charge on any atom is 0.227 e. The Kier molecular flexibility index (Phi) is 3.61. The van der Waals surface area contributed by atoms with E-state index in [1.165, 1.54) is 6.07 Å². The van der Waals surface area contributed by atoms with Crippen LogP contribution in [0.4, 0.5) is 15.8 Å². The van der Waals surface area contributed by atoms with Crippen LogP contribution >= 0.6 is 0 Å². The van der Waals surface area contributed by atoms with E-state index in [9.17, 15) is 9.18 Å². The summed E-state index contributed by atoms with van der Waals surface area (Å²) in [6, 6.07) is 5.08. The van der Waals surface area contributed by atoms with Gasteiger partial charge in [0.25, 0.3) is 0 Å². The number of hydrogen-bond donors (Lipinski definition) is 0. The zero-order valence-electron chi connectivity index (χ0n) is 11.6. The number of morpholine rings is 1. The molecule has 2 fully saturated rings. The molecule has 2 aliphatic heterocycles. The number of amides is 1. The Morgan fingerprint density at radius 3 is 2.65 bits per heavy atom. The average molecular weight is 278 g/mol. The number of carbonyl (C=O) groups is 1. The molecule has 0 saturated carbocycles. The molecule has 0 aliphatic carbocycles. The van der Waals surface area contributed by atoms with Crippen molar-refractivity contribution >= 4 is 17.3 Å². The van der Waals surface area contributed by atoms with Crippen LogP contribution in [-0.2, 0) is 9.53 Å². The van der Waals surface area contributed by atoms with Gasteiger partial charge < -0.3 is 14.5 Å². The molecule has 2 heterocycles. The number of rotatable bonds is 2. The molecule has 1 amide bonds. The highest BCUT2D eigenvalue weighted by Crippen LogP contribution is 2.29.